The van der Waals surface area contributed by atoms with E-state index in [0.29, 0.717) is 25.4 Å². The van der Waals surface area contributed by atoms with Gasteiger partial charge >= 0.3 is 0 Å². The van der Waals surface area contributed by atoms with Crippen molar-refractivity contribution >= 4 is 0 Å². The first-order valence-corrected chi connectivity index (χ1v) is 7.23. The number of nitrogens with zero attached hydrogens (tertiary/aromatic N) is 2. The fourth-order valence-corrected chi connectivity index (χ4v) is 3.11. The van der Waals surface area contributed by atoms with Crippen molar-refractivity contribution < 1.29 is 9.47 Å². The average Bonchev–Trinajstić information content (AvgIpc) is 2.93. The summed E-state index contributed by atoms with van der Waals surface area (Å²) in [7, 11) is 2.16. The van der Waals surface area contributed by atoms with E-state index in [1.807, 2.05) is 6.07 Å². The number of piperazine rings is 1. The second-order valence-electron chi connectivity index (χ2n) is 5.68. The molecule has 0 bridgehead atoms. The highest BCUT2D eigenvalue weighted by molar-refractivity contribution is 5.45. The molecule has 1 aromatic rings. The van der Waals surface area contributed by atoms with Gasteiger partial charge in [0.2, 0.25) is 6.79 Å². The van der Waals surface area contributed by atoms with Crippen LogP contribution in [0.2, 0.25) is 0 Å². The predicted molar refractivity (Wildman–Crippen MR) is 78.0 cm³/mol. The minimum absolute atomic E-state index is 0.326. The van der Waals surface area contributed by atoms with E-state index in [1.54, 1.807) is 0 Å². The maximum atomic E-state index is 5.95. The normalized spacial score (nSPS) is 24.9. The van der Waals surface area contributed by atoms with Crippen molar-refractivity contribution in [2.24, 2.45) is 5.73 Å². The maximum Gasteiger partial charge on any atom is 0.231 e. The van der Waals surface area contributed by atoms with Gasteiger partial charge in [-0.2, -0.15) is 0 Å². The molecule has 1 fully saturated rings. The molecule has 0 aromatic heterocycles. The number of likely N-dealkylation sites (N-methyl/N-ethyl adjacent to an activating group) is 1. The molecule has 5 nitrogen and oxygen atoms in total. The molecule has 2 aliphatic rings. The summed E-state index contributed by atoms with van der Waals surface area (Å²) in [5.74, 6) is 1.70. The van der Waals surface area contributed by atoms with Gasteiger partial charge in [-0.05, 0) is 31.7 Å². The Morgan fingerprint density at radius 2 is 2.10 bits per heavy atom. The van der Waals surface area contributed by atoms with E-state index < -0.39 is 0 Å². The van der Waals surface area contributed by atoms with E-state index in [0.717, 1.165) is 31.1 Å². The number of nitrogens with two attached hydrogens (primary N) is 1. The van der Waals surface area contributed by atoms with Crippen molar-refractivity contribution in [3.8, 4) is 11.5 Å². The largest absolute Gasteiger partial charge is 0.454 e. The highest BCUT2D eigenvalue weighted by Crippen LogP contribution is 2.36. The standard InChI is InChI=1S/C15H23N3O2/c1-11(18-6-5-17(2)9-13(18)8-16)12-3-4-14-15(7-12)20-10-19-14/h3-4,7,11,13H,5-6,8-10,16H2,1-2H3. The van der Waals surface area contributed by atoms with Gasteiger partial charge in [0.15, 0.2) is 11.5 Å². The summed E-state index contributed by atoms with van der Waals surface area (Å²) in [5.41, 5.74) is 7.21. The zero-order chi connectivity index (χ0) is 14.1. The molecule has 5 heteroatoms. The molecule has 110 valence electrons. The second-order valence-corrected chi connectivity index (χ2v) is 5.68. The molecule has 0 saturated carbocycles. The Kier molecular flexibility index (Phi) is 3.83. The summed E-state index contributed by atoms with van der Waals surface area (Å²) in [6.45, 7) is 6.43. The van der Waals surface area contributed by atoms with Crippen molar-refractivity contribution in [3.63, 3.8) is 0 Å². The SMILES string of the molecule is CC(c1ccc2c(c1)OCO2)N1CCN(C)CC1CN. The summed E-state index contributed by atoms with van der Waals surface area (Å²) in [5, 5.41) is 0. The lowest BCUT2D eigenvalue weighted by Gasteiger charge is -2.43. The zero-order valence-electron chi connectivity index (χ0n) is 12.2. The molecule has 2 atom stereocenters. The molecule has 0 amide bonds. The Morgan fingerprint density at radius 1 is 1.30 bits per heavy atom. The van der Waals surface area contributed by atoms with Gasteiger partial charge in [-0.3, -0.25) is 4.90 Å². The van der Waals surface area contributed by atoms with Crippen LogP contribution in [0.1, 0.15) is 18.5 Å². The van der Waals surface area contributed by atoms with Crippen LogP contribution in [0.4, 0.5) is 0 Å². The monoisotopic (exact) mass is 277 g/mol. The summed E-state index contributed by atoms with van der Waals surface area (Å²) < 4.78 is 10.8. The first-order chi connectivity index (χ1) is 9.69. The quantitative estimate of drug-likeness (QED) is 0.895. The maximum absolute atomic E-state index is 5.95. The van der Waals surface area contributed by atoms with E-state index in [-0.39, 0.29) is 0 Å². The van der Waals surface area contributed by atoms with Gasteiger partial charge in [0.05, 0.1) is 0 Å². The van der Waals surface area contributed by atoms with Crippen LogP contribution in [0, 0.1) is 0 Å². The third-order valence-electron chi connectivity index (χ3n) is 4.38. The molecule has 0 spiro atoms. The molecule has 20 heavy (non-hydrogen) atoms. The Bertz CT molecular complexity index is 480. The number of rotatable bonds is 3. The minimum atomic E-state index is 0.326. The van der Waals surface area contributed by atoms with Crippen LogP contribution in [-0.2, 0) is 0 Å². The van der Waals surface area contributed by atoms with Crippen molar-refractivity contribution in [2.75, 3.05) is 40.0 Å². The molecule has 3 rings (SSSR count). The van der Waals surface area contributed by atoms with Gasteiger partial charge in [-0.1, -0.05) is 6.07 Å². The van der Waals surface area contributed by atoms with Crippen LogP contribution >= 0.6 is 0 Å². The van der Waals surface area contributed by atoms with E-state index in [2.05, 4.69) is 35.9 Å². The van der Waals surface area contributed by atoms with Gasteiger partial charge in [0.1, 0.15) is 0 Å². The second kappa shape index (κ2) is 5.60. The summed E-state index contributed by atoms with van der Waals surface area (Å²) >= 11 is 0. The minimum Gasteiger partial charge on any atom is -0.454 e. The molecule has 2 unspecified atom stereocenters. The van der Waals surface area contributed by atoms with E-state index in [4.69, 9.17) is 15.2 Å². The molecular formula is C15H23N3O2. The summed E-state index contributed by atoms with van der Waals surface area (Å²) in [6, 6.07) is 6.98. The smallest absolute Gasteiger partial charge is 0.231 e. The van der Waals surface area contributed by atoms with E-state index >= 15 is 0 Å². The fourth-order valence-electron chi connectivity index (χ4n) is 3.11. The van der Waals surface area contributed by atoms with Crippen LogP contribution in [0.3, 0.4) is 0 Å². The highest BCUT2D eigenvalue weighted by atomic mass is 16.7. The van der Waals surface area contributed by atoms with Crippen molar-refractivity contribution in [1.29, 1.82) is 0 Å². The number of ether oxygens (including phenoxy) is 2. The third-order valence-corrected chi connectivity index (χ3v) is 4.38. The average molecular weight is 277 g/mol. The van der Waals surface area contributed by atoms with Crippen LogP contribution in [0.25, 0.3) is 0 Å². The van der Waals surface area contributed by atoms with Crippen LogP contribution < -0.4 is 15.2 Å². The number of benzene rings is 1. The first-order valence-electron chi connectivity index (χ1n) is 7.23. The predicted octanol–water partition coefficient (Wildman–Crippen LogP) is 1.05. The van der Waals surface area contributed by atoms with Crippen molar-refractivity contribution in [3.05, 3.63) is 23.8 Å². The lowest BCUT2D eigenvalue weighted by Crippen LogP contribution is -2.55. The van der Waals surface area contributed by atoms with Crippen molar-refractivity contribution in [1.82, 2.24) is 9.80 Å². The lowest BCUT2D eigenvalue weighted by atomic mass is 10.0. The van der Waals surface area contributed by atoms with Gasteiger partial charge in [0, 0.05) is 38.3 Å². The summed E-state index contributed by atoms with van der Waals surface area (Å²) in [4.78, 5) is 4.85. The molecular weight excluding hydrogens is 254 g/mol. The molecule has 2 heterocycles. The van der Waals surface area contributed by atoms with Crippen LogP contribution in [-0.4, -0.2) is 55.9 Å². The van der Waals surface area contributed by atoms with Gasteiger partial charge in [0.25, 0.3) is 0 Å². The van der Waals surface area contributed by atoms with Gasteiger partial charge in [-0.15, -0.1) is 0 Å². The van der Waals surface area contributed by atoms with Crippen molar-refractivity contribution in [2.45, 2.75) is 19.0 Å². The third kappa shape index (κ3) is 2.49. The van der Waals surface area contributed by atoms with E-state index in [9.17, 15) is 0 Å². The van der Waals surface area contributed by atoms with Crippen LogP contribution in [0.5, 0.6) is 11.5 Å². The number of hydrogen-bond acceptors (Lipinski definition) is 5. The summed E-state index contributed by atoms with van der Waals surface area (Å²) in [6.07, 6.45) is 0. The highest BCUT2D eigenvalue weighted by Gasteiger charge is 2.29. The van der Waals surface area contributed by atoms with Gasteiger partial charge < -0.3 is 20.1 Å². The van der Waals surface area contributed by atoms with Gasteiger partial charge in [-0.25, -0.2) is 0 Å². The number of hydrogen-bond donors (Lipinski definition) is 1. The van der Waals surface area contributed by atoms with Crippen LogP contribution in [0.15, 0.2) is 18.2 Å². The van der Waals surface area contributed by atoms with E-state index in [1.165, 1.54) is 5.56 Å². The molecule has 1 aromatic carbocycles. The molecule has 0 aliphatic carbocycles. The Labute approximate surface area is 120 Å². The molecule has 2 aliphatic heterocycles. The lowest BCUT2D eigenvalue weighted by molar-refractivity contribution is 0.0620. The molecule has 1 saturated heterocycles. The Morgan fingerprint density at radius 3 is 2.90 bits per heavy atom. The fraction of sp³-hybridized carbons (Fsp3) is 0.600. The number of fused-ring (bicyclic) bond motifs is 1. The zero-order valence-corrected chi connectivity index (χ0v) is 12.2. The topological polar surface area (TPSA) is 51.0 Å². The Balaban J connectivity index is 1.79. The molecule has 2 N–H and O–H groups in total. The molecule has 0 radical (unpaired) electrons. The Hall–Kier alpha value is -1.30. The first kappa shape index (κ1) is 13.7.